The number of nitrogens with two attached hydrogens (primary N) is 1. The van der Waals surface area contributed by atoms with Crippen molar-refractivity contribution >= 4 is 11.8 Å². The fourth-order valence-corrected chi connectivity index (χ4v) is 4.61. The third-order valence-corrected chi connectivity index (χ3v) is 7.11. The fourth-order valence-electron chi connectivity index (χ4n) is 4.61. The summed E-state index contributed by atoms with van der Waals surface area (Å²) in [7, 11) is 0. The summed E-state index contributed by atoms with van der Waals surface area (Å²) in [5.41, 5.74) is 2.92. The molecule has 0 fully saturated rings. The highest BCUT2D eigenvalue weighted by Gasteiger charge is 2.45. The Kier molecular flexibility index (Phi) is 20.3. The van der Waals surface area contributed by atoms with Gasteiger partial charge in [0.2, 0.25) is 11.8 Å². The van der Waals surface area contributed by atoms with Crippen LogP contribution in [0, 0.1) is 0 Å². The van der Waals surface area contributed by atoms with Gasteiger partial charge in [0, 0.05) is 12.8 Å². The topological polar surface area (TPSA) is 104 Å². The normalized spacial score (nSPS) is 13.4. The standard InChI is InChI=1S/C29H59N3O3/c1-5-8-10-12-14-16-18-20-22-24-26(33)31-29(7-3,28(4,30)35)32-27(34)25-23-21-19-17-15-13-11-9-6-2/h35H,5-25,30H2,1-4H3,(H,31,33)(H,32,34). The summed E-state index contributed by atoms with van der Waals surface area (Å²) in [5.74, 6) is -0.354. The van der Waals surface area contributed by atoms with Gasteiger partial charge >= 0.3 is 0 Å². The van der Waals surface area contributed by atoms with Crippen LogP contribution in [0.5, 0.6) is 0 Å². The van der Waals surface area contributed by atoms with Gasteiger partial charge in [-0.15, -0.1) is 0 Å². The van der Waals surface area contributed by atoms with E-state index in [1.165, 1.54) is 84.0 Å². The predicted octanol–water partition coefficient (Wildman–Crippen LogP) is 6.83. The van der Waals surface area contributed by atoms with Gasteiger partial charge in [0.05, 0.1) is 0 Å². The average molecular weight is 498 g/mol. The van der Waals surface area contributed by atoms with E-state index in [-0.39, 0.29) is 11.8 Å². The molecule has 0 aliphatic rings. The van der Waals surface area contributed by atoms with Gasteiger partial charge in [-0.2, -0.15) is 0 Å². The SMILES string of the molecule is CCCCCCCCCCCC(=O)NC(CC)(NC(=O)CCCCCCCCCCC)C(C)(N)O. The van der Waals surface area contributed by atoms with Gasteiger partial charge in [-0.3, -0.25) is 9.59 Å². The van der Waals surface area contributed by atoms with Crippen molar-refractivity contribution in [3.05, 3.63) is 0 Å². The highest BCUT2D eigenvalue weighted by Crippen LogP contribution is 2.20. The zero-order valence-corrected chi connectivity index (χ0v) is 23.7. The van der Waals surface area contributed by atoms with Crippen LogP contribution < -0.4 is 16.4 Å². The molecule has 0 rings (SSSR count). The highest BCUT2D eigenvalue weighted by atomic mass is 16.3. The van der Waals surface area contributed by atoms with Gasteiger partial charge in [-0.05, 0) is 26.2 Å². The van der Waals surface area contributed by atoms with Crippen LogP contribution in [0.25, 0.3) is 0 Å². The predicted molar refractivity (Wildman–Crippen MR) is 148 cm³/mol. The molecule has 0 aromatic rings. The number of unbranched alkanes of at least 4 members (excludes halogenated alkanes) is 16. The van der Waals surface area contributed by atoms with Crippen LogP contribution in [-0.2, 0) is 9.59 Å². The molecule has 35 heavy (non-hydrogen) atoms. The first kappa shape index (κ1) is 33.9. The van der Waals surface area contributed by atoms with E-state index in [0.29, 0.717) is 19.3 Å². The molecule has 0 heterocycles. The van der Waals surface area contributed by atoms with E-state index in [4.69, 9.17) is 5.73 Å². The molecule has 6 nitrogen and oxygen atoms in total. The monoisotopic (exact) mass is 497 g/mol. The van der Waals surface area contributed by atoms with E-state index in [0.717, 1.165) is 38.5 Å². The largest absolute Gasteiger partial charge is 0.372 e. The summed E-state index contributed by atoms with van der Waals surface area (Å²) in [6.45, 7) is 7.71. The quantitative estimate of drug-likeness (QED) is 0.0866. The molecule has 6 heteroatoms. The van der Waals surface area contributed by atoms with E-state index in [1.807, 2.05) is 6.92 Å². The lowest BCUT2D eigenvalue weighted by atomic mass is 9.93. The van der Waals surface area contributed by atoms with Crippen molar-refractivity contribution in [1.29, 1.82) is 0 Å². The first-order chi connectivity index (χ1) is 16.7. The lowest BCUT2D eigenvalue weighted by molar-refractivity contribution is -0.137. The second-order valence-electron chi connectivity index (χ2n) is 10.7. The van der Waals surface area contributed by atoms with Gasteiger partial charge in [0.1, 0.15) is 0 Å². The Balaban J connectivity index is 4.33. The molecular formula is C29H59N3O3. The van der Waals surface area contributed by atoms with Gasteiger partial charge in [0.15, 0.2) is 11.4 Å². The second-order valence-corrected chi connectivity index (χ2v) is 10.7. The van der Waals surface area contributed by atoms with E-state index >= 15 is 0 Å². The Bertz CT molecular complexity index is 496. The molecule has 0 bridgehead atoms. The number of amides is 2. The van der Waals surface area contributed by atoms with Crippen molar-refractivity contribution in [3.63, 3.8) is 0 Å². The minimum absolute atomic E-state index is 0.177. The smallest absolute Gasteiger partial charge is 0.221 e. The van der Waals surface area contributed by atoms with Gasteiger partial charge in [0.25, 0.3) is 0 Å². The maximum Gasteiger partial charge on any atom is 0.221 e. The van der Waals surface area contributed by atoms with Gasteiger partial charge < -0.3 is 21.5 Å². The molecule has 208 valence electrons. The van der Waals surface area contributed by atoms with Crippen LogP contribution in [0.2, 0.25) is 0 Å². The number of hydrogen-bond acceptors (Lipinski definition) is 4. The summed E-state index contributed by atoms with van der Waals surface area (Å²) in [6, 6.07) is 0. The van der Waals surface area contributed by atoms with E-state index in [1.54, 1.807) is 0 Å². The lowest BCUT2D eigenvalue weighted by Gasteiger charge is -2.43. The molecule has 0 aromatic carbocycles. The molecule has 0 aliphatic carbocycles. The molecule has 2 amide bonds. The Morgan fingerprint density at radius 2 is 0.886 bits per heavy atom. The van der Waals surface area contributed by atoms with Crippen molar-refractivity contribution < 1.29 is 14.7 Å². The Morgan fingerprint density at radius 1 is 0.600 bits per heavy atom. The second kappa shape index (κ2) is 21.0. The van der Waals surface area contributed by atoms with Crippen LogP contribution in [0.1, 0.15) is 163 Å². The molecule has 1 atom stereocenters. The molecule has 0 saturated carbocycles. The number of hydrogen-bond donors (Lipinski definition) is 4. The van der Waals surface area contributed by atoms with Crippen molar-refractivity contribution in [2.75, 3.05) is 0 Å². The van der Waals surface area contributed by atoms with E-state index < -0.39 is 11.4 Å². The highest BCUT2D eigenvalue weighted by molar-refractivity contribution is 5.80. The Hall–Kier alpha value is -1.14. The van der Waals surface area contributed by atoms with Crippen LogP contribution >= 0.6 is 0 Å². The lowest BCUT2D eigenvalue weighted by Crippen LogP contribution is -2.75. The first-order valence-corrected chi connectivity index (χ1v) is 14.9. The Morgan fingerprint density at radius 3 is 1.14 bits per heavy atom. The fraction of sp³-hybridized carbons (Fsp3) is 0.931. The molecule has 0 saturated heterocycles. The van der Waals surface area contributed by atoms with Gasteiger partial charge in [-0.1, -0.05) is 124 Å². The van der Waals surface area contributed by atoms with E-state index in [2.05, 4.69) is 24.5 Å². The molecule has 0 aromatic heterocycles. The summed E-state index contributed by atoms with van der Waals surface area (Å²) in [5, 5.41) is 16.4. The zero-order chi connectivity index (χ0) is 26.4. The minimum atomic E-state index is -1.76. The average Bonchev–Trinajstić information content (AvgIpc) is 2.80. The summed E-state index contributed by atoms with van der Waals surface area (Å²) < 4.78 is 0. The number of carbonyl (C=O) groups excluding carboxylic acids is 2. The third kappa shape index (κ3) is 17.0. The van der Waals surface area contributed by atoms with Gasteiger partial charge in [-0.25, -0.2) is 0 Å². The molecule has 0 spiro atoms. The van der Waals surface area contributed by atoms with Crippen LogP contribution in [0.4, 0.5) is 0 Å². The molecule has 1 unspecified atom stereocenters. The number of nitrogens with one attached hydrogen (secondary N) is 2. The van der Waals surface area contributed by atoms with Crippen molar-refractivity contribution in [2.45, 2.75) is 174 Å². The first-order valence-electron chi connectivity index (χ1n) is 14.9. The molecular weight excluding hydrogens is 438 g/mol. The van der Waals surface area contributed by atoms with Crippen molar-refractivity contribution in [1.82, 2.24) is 10.6 Å². The molecule has 0 aliphatic heterocycles. The number of rotatable bonds is 24. The van der Waals surface area contributed by atoms with Crippen molar-refractivity contribution in [2.24, 2.45) is 5.73 Å². The number of carbonyl (C=O) groups is 2. The Labute approximate surface area is 217 Å². The maximum absolute atomic E-state index is 12.7. The number of aliphatic hydroxyl groups is 1. The summed E-state index contributed by atoms with van der Waals surface area (Å²) in [4.78, 5) is 25.3. The molecule has 0 radical (unpaired) electrons. The van der Waals surface area contributed by atoms with Crippen molar-refractivity contribution in [3.8, 4) is 0 Å². The molecule has 5 N–H and O–H groups in total. The third-order valence-electron chi connectivity index (χ3n) is 7.11. The summed E-state index contributed by atoms with van der Waals surface area (Å²) >= 11 is 0. The van der Waals surface area contributed by atoms with E-state index in [9.17, 15) is 14.7 Å². The zero-order valence-electron chi connectivity index (χ0n) is 23.7. The maximum atomic E-state index is 12.7. The van der Waals surface area contributed by atoms with Crippen LogP contribution in [0.3, 0.4) is 0 Å². The summed E-state index contributed by atoms with van der Waals surface area (Å²) in [6.07, 6.45) is 22.4. The minimum Gasteiger partial charge on any atom is -0.372 e. The van der Waals surface area contributed by atoms with Crippen LogP contribution in [0.15, 0.2) is 0 Å². The van der Waals surface area contributed by atoms with Crippen LogP contribution in [-0.4, -0.2) is 28.3 Å².